The summed E-state index contributed by atoms with van der Waals surface area (Å²) in [5.41, 5.74) is 0. The summed E-state index contributed by atoms with van der Waals surface area (Å²) < 4.78 is 5.59. The molecule has 2 aliphatic carbocycles. The number of rotatable bonds is 3. The Balaban J connectivity index is 1.55. The van der Waals surface area contributed by atoms with Gasteiger partial charge >= 0.3 is 0 Å². The van der Waals surface area contributed by atoms with Crippen molar-refractivity contribution >= 4 is 0 Å². The Morgan fingerprint density at radius 2 is 2.12 bits per heavy atom. The largest absolute Gasteiger partial charge is 0.379 e. The van der Waals surface area contributed by atoms with Crippen LogP contribution in [0.2, 0.25) is 0 Å². The maximum absolute atomic E-state index is 5.59. The Morgan fingerprint density at radius 3 is 2.81 bits per heavy atom. The summed E-state index contributed by atoms with van der Waals surface area (Å²) in [5.74, 6) is 1.71. The molecule has 0 amide bonds. The second-order valence-electron chi connectivity index (χ2n) is 5.82. The minimum Gasteiger partial charge on any atom is -0.379 e. The molecule has 5 unspecified atom stereocenters. The molecule has 1 aliphatic heterocycles. The van der Waals surface area contributed by atoms with Crippen molar-refractivity contribution < 1.29 is 4.74 Å². The van der Waals surface area contributed by atoms with Crippen molar-refractivity contribution in [1.29, 1.82) is 0 Å². The topological polar surface area (TPSA) is 33.3 Å². The van der Waals surface area contributed by atoms with Crippen LogP contribution in [0.1, 0.15) is 32.6 Å². The zero-order chi connectivity index (χ0) is 11.0. The van der Waals surface area contributed by atoms with E-state index in [0.717, 1.165) is 43.7 Å². The van der Waals surface area contributed by atoms with Crippen LogP contribution in [-0.4, -0.2) is 37.9 Å². The second kappa shape index (κ2) is 4.63. The quantitative estimate of drug-likeness (QED) is 0.754. The highest BCUT2D eigenvalue weighted by molar-refractivity contribution is 4.98. The molecule has 1 heterocycles. The summed E-state index contributed by atoms with van der Waals surface area (Å²) in [6.45, 7) is 5.20. The van der Waals surface area contributed by atoms with E-state index in [1.54, 1.807) is 0 Å². The number of nitrogens with one attached hydrogen (secondary N) is 2. The molecular formula is C13H24N2O. The third-order valence-electron chi connectivity index (χ3n) is 4.57. The van der Waals surface area contributed by atoms with Crippen LogP contribution in [0.25, 0.3) is 0 Å². The first-order valence-electron chi connectivity index (χ1n) is 6.92. The van der Waals surface area contributed by atoms with Gasteiger partial charge < -0.3 is 15.4 Å². The molecule has 3 nitrogen and oxygen atoms in total. The van der Waals surface area contributed by atoms with E-state index >= 15 is 0 Å². The van der Waals surface area contributed by atoms with Crippen molar-refractivity contribution in [2.24, 2.45) is 11.8 Å². The van der Waals surface area contributed by atoms with Crippen molar-refractivity contribution in [3.8, 4) is 0 Å². The van der Waals surface area contributed by atoms with Gasteiger partial charge in [-0.3, -0.25) is 0 Å². The van der Waals surface area contributed by atoms with E-state index in [2.05, 4.69) is 17.6 Å². The lowest BCUT2D eigenvalue weighted by atomic mass is 9.94. The van der Waals surface area contributed by atoms with Gasteiger partial charge in [-0.1, -0.05) is 13.3 Å². The van der Waals surface area contributed by atoms with Gasteiger partial charge in [0.05, 0.1) is 13.2 Å². The van der Waals surface area contributed by atoms with E-state index < -0.39 is 0 Å². The fraction of sp³-hybridized carbons (Fsp3) is 1.00. The van der Waals surface area contributed by atoms with E-state index in [1.807, 2.05) is 0 Å². The number of ether oxygens (including phenoxy) is 1. The van der Waals surface area contributed by atoms with Crippen LogP contribution in [0.4, 0.5) is 0 Å². The van der Waals surface area contributed by atoms with Crippen LogP contribution in [-0.2, 0) is 4.74 Å². The number of hydrogen-bond acceptors (Lipinski definition) is 3. The van der Waals surface area contributed by atoms with E-state index in [-0.39, 0.29) is 0 Å². The Morgan fingerprint density at radius 1 is 1.25 bits per heavy atom. The first-order chi connectivity index (χ1) is 7.84. The Labute approximate surface area is 98.3 Å². The molecule has 2 N–H and O–H groups in total. The summed E-state index contributed by atoms with van der Waals surface area (Å²) in [5, 5.41) is 7.49. The second-order valence-corrected chi connectivity index (χ2v) is 5.82. The predicted octanol–water partition coefficient (Wildman–Crippen LogP) is 1.14. The molecule has 0 bridgehead atoms. The van der Waals surface area contributed by atoms with Crippen LogP contribution in [0.5, 0.6) is 0 Å². The smallest absolute Gasteiger partial charge is 0.0623 e. The van der Waals surface area contributed by atoms with E-state index in [4.69, 9.17) is 4.74 Å². The number of hydrogen-bond donors (Lipinski definition) is 2. The normalized spacial score (nSPS) is 48.2. The number of morpholine rings is 1. The van der Waals surface area contributed by atoms with Gasteiger partial charge in [0.1, 0.15) is 0 Å². The summed E-state index contributed by atoms with van der Waals surface area (Å²) >= 11 is 0. The molecule has 3 fully saturated rings. The van der Waals surface area contributed by atoms with Gasteiger partial charge in [0, 0.05) is 24.7 Å². The van der Waals surface area contributed by atoms with Gasteiger partial charge in [-0.05, 0) is 31.1 Å². The molecule has 3 rings (SSSR count). The third kappa shape index (κ3) is 2.27. The fourth-order valence-electron chi connectivity index (χ4n) is 3.37. The molecule has 0 aromatic carbocycles. The monoisotopic (exact) mass is 224 g/mol. The first kappa shape index (κ1) is 11.0. The molecule has 0 radical (unpaired) electrons. The zero-order valence-electron chi connectivity index (χ0n) is 10.2. The van der Waals surface area contributed by atoms with Gasteiger partial charge in [-0.25, -0.2) is 0 Å². The van der Waals surface area contributed by atoms with E-state index in [1.165, 1.54) is 25.7 Å². The maximum atomic E-state index is 5.59. The third-order valence-corrected chi connectivity index (χ3v) is 4.57. The average Bonchev–Trinajstić information content (AvgIpc) is 2.82. The first-order valence-corrected chi connectivity index (χ1v) is 6.92. The molecule has 16 heavy (non-hydrogen) atoms. The highest BCUT2D eigenvalue weighted by atomic mass is 16.5. The van der Waals surface area contributed by atoms with Gasteiger partial charge in [0.2, 0.25) is 0 Å². The van der Waals surface area contributed by atoms with Crippen molar-refractivity contribution in [2.75, 3.05) is 19.8 Å². The molecule has 2 saturated carbocycles. The Kier molecular flexibility index (Phi) is 3.18. The lowest BCUT2D eigenvalue weighted by molar-refractivity contribution is 0.0523. The van der Waals surface area contributed by atoms with Gasteiger partial charge in [-0.15, -0.1) is 0 Å². The molecule has 0 aromatic heterocycles. The standard InChI is InChI=1S/C13H24N2O/c1-9-7-12(9)15-11-4-2-3-10(11)13-8-16-6-5-14-13/h9-15H,2-8H2,1H3. The van der Waals surface area contributed by atoms with Crippen molar-refractivity contribution in [3.05, 3.63) is 0 Å². The van der Waals surface area contributed by atoms with Crippen molar-refractivity contribution in [3.63, 3.8) is 0 Å². The summed E-state index contributed by atoms with van der Waals surface area (Å²) in [7, 11) is 0. The molecule has 3 heteroatoms. The van der Waals surface area contributed by atoms with Crippen LogP contribution >= 0.6 is 0 Å². The summed E-state index contributed by atoms with van der Waals surface area (Å²) in [6, 6.07) is 2.16. The molecule has 0 spiro atoms. The minimum atomic E-state index is 0.600. The molecule has 3 aliphatic rings. The van der Waals surface area contributed by atoms with Crippen LogP contribution in [0, 0.1) is 11.8 Å². The SMILES string of the molecule is CC1CC1NC1CCCC1C1COCCN1. The molecule has 1 saturated heterocycles. The van der Waals surface area contributed by atoms with Crippen molar-refractivity contribution in [2.45, 2.75) is 50.7 Å². The highest BCUT2D eigenvalue weighted by Crippen LogP contribution is 2.35. The minimum absolute atomic E-state index is 0.600. The van der Waals surface area contributed by atoms with Crippen LogP contribution < -0.4 is 10.6 Å². The maximum Gasteiger partial charge on any atom is 0.0623 e. The zero-order valence-corrected chi connectivity index (χ0v) is 10.2. The van der Waals surface area contributed by atoms with E-state index in [9.17, 15) is 0 Å². The average molecular weight is 224 g/mol. The highest BCUT2D eigenvalue weighted by Gasteiger charge is 2.40. The predicted molar refractivity (Wildman–Crippen MR) is 64.4 cm³/mol. The lowest BCUT2D eigenvalue weighted by Gasteiger charge is -2.33. The lowest BCUT2D eigenvalue weighted by Crippen LogP contribution is -2.51. The van der Waals surface area contributed by atoms with Crippen LogP contribution in [0.3, 0.4) is 0 Å². The van der Waals surface area contributed by atoms with Gasteiger partial charge in [-0.2, -0.15) is 0 Å². The summed E-state index contributed by atoms with van der Waals surface area (Å²) in [6.07, 6.45) is 5.52. The van der Waals surface area contributed by atoms with E-state index in [0.29, 0.717) is 6.04 Å². The van der Waals surface area contributed by atoms with Gasteiger partial charge in [0.25, 0.3) is 0 Å². The fourth-order valence-corrected chi connectivity index (χ4v) is 3.37. The Bertz CT molecular complexity index is 240. The Hall–Kier alpha value is -0.120. The molecule has 5 atom stereocenters. The molecule has 92 valence electrons. The molecule has 0 aromatic rings. The van der Waals surface area contributed by atoms with Crippen LogP contribution in [0.15, 0.2) is 0 Å². The summed E-state index contributed by atoms with van der Waals surface area (Å²) in [4.78, 5) is 0. The molecular weight excluding hydrogens is 200 g/mol. The van der Waals surface area contributed by atoms with Gasteiger partial charge in [0.15, 0.2) is 0 Å². The van der Waals surface area contributed by atoms with Crippen molar-refractivity contribution in [1.82, 2.24) is 10.6 Å².